The summed E-state index contributed by atoms with van der Waals surface area (Å²) >= 11 is 0. The fourth-order valence-electron chi connectivity index (χ4n) is 3.69. The summed E-state index contributed by atoms with van der Waals surface area (Å²) in [6.07, 6.45) is 5.41. The van der Waals surface area contributed by atoms with E-state index in [1.807, 2.05) is 25.1 Å². The zero-order valence-corrected chi connectivity index (χ0v) is 13.5. The molecule has 0 aromatic carbocycles. The van der Waals surface area contributed by atoms with Crippen molar-refractivity contribution in [1.29, 1.82) is 0 Å². The van der Waals surface area contributed by atoms with Crippen molar-refractivity contribution in [3.63, 3.8) is 0 Å². The number of hydrogen-bond acceptors (Lipinski definition) is 5. The van der Waals surface area contributed by atoms with Crippen molar-refractivity contribution >= 4 is 5.82 Å². The van der Waals surface area contributed by atoms with Gasteiger partial charge in [0.15, 0.2) is 5.82 Å². The zero-order chi connectivity index (χ0) is 15.7. The number of nitrogens with zero attached hydrogens (tertiary/aromatic N) is 4. The van der Waals surface area contributed by atoms with Crippen LogP contribution >= 0.6 is 0 Å². The lowest BCUT2D eigenvalue weighted by Crippen LogP contribution is -2.35. The third-order valence-corrected chi connectivity index (χ3v) is 4.90. The van der Waals surface area contributed by atoms with Crippen LogP contribution in [0.4, 0.5) is 5.82 Å². The Morgan fingerprint density at radius 1 is 1.22 bits per heavy atom. The molecular weight excluding hydrogens is 288 g/mol. The van der Waals surface area contributed by atoms with E-state index < -0.39 is 0 Å². The molecule has 1 spiro atoms. The number of ether oxygens (including phenoxy) is 1. The van der Waals surface area contributed by atoms with E-state index in [-0.39, 0.29) is 0 Å². The Balaban J connectivity index is 1.61. The Kier molecular flexibility index (Phi) is 3.73. The summed E-state index contributed by atoms with van der Waals surface area (Å²) in [4.78, 5) is 16.1. The monoisotopic (exact) mass is 310 g/mol. The number of anilines is 1. The molecular formula is C18H22N4O. The van der Waals surface area contributed by atoms with E-state index in [0.717, 1.165) is 43.5 Å². The van der Waals surface area contributed by atoms with Crippen LogP contribution in [0.25, 0.3) is 11.5 Å². The van der Waals surface area contributed by atoms with Gasteiger partial charge in [-0.05, 0) is 38.3 Å². The summed E-state index contributed by atoms with van der Waals surface area (Å²) in [7, 11) is 0. The van der Waals surface area contributed by atoms with Gasteiger partial charge < -0.3 is 9.64 Å². The molecule has 0 amide bonds. The molecule has 2 aliphatic rings. The molecule has 0 saturated carbocycles. The summed E-state index contributed by atoms with van der Waals surface area (Å²) in [6.45, 7) is 5.90. The summed E-state index contributed by atoms with van der Waals surface area (Å²) < 4.78 is 5.74. The molecule has 4 heterocycles. The standard InChI is InChI=1S/C18H22N4O/c1-14-11-16(21-17(20-14)15-5-2-3-8-19-15)22-9-7-18(12-22)6-4-10-23-13-18/h2-3,5,8,11H,4,6-7,9-10,12-13H2,1H3. The molecule has 0 aliphatic carbocycles. The van der Waals surface area contributed by atoms with E-state index in [4.69, 9.17) is 9.72 Å². The highest BCUT2D eigenvalue weighted by Crippen LogP contribution is 2.39. The Labute approximate surface area is 136 Å². The molecule has 120 valence electrons. The Hall–Kier alpha value is -2.01. The van der Waals surface area contributed by atoms with Crippen LogP contribution in [0.15, 0.2) is 30.5 Å². The predicted molar refractivity (Wildman–Crippen MR) is 89.3 cm³/mol. The van der Waals surface area contributed by atoms with Gasteiger partial charge >= 0.3 is 0 Å². The second-order valence-electron chi connectivity index (χ2n) is 6.73. The van der Waals surface area contributed by atoms with E-state index in [0.29, 0.717) is 11.2 Å². The van der Waals surface area contributed by atoms with Gasteiger partial charge in [-0.3, -0.25) is 4.98 Å². The van der Waals surface area contributed by atoms with Crippen molar-refractivity contribution in [2.75, 3.05) is 31.2 Å². The van der Waals surface area contributed by atoms with Gasteiger partial charge in [-0.15, -0.1) is 0 Å². The minimum Gasteiger partial charge on any atom is -0.381 e. The number of pyridine rings is 1. The summed E-state index contributed by atoms with van der Waals surface area (Å²) in [6, 6.07) is 7.92. The van der Waals surface area contributed by atoms with E-state index in [2.05, 4.69) is 20.9 Å². The first kappa shape index (κ1) is 14.6. The highest BCUT2D eigenvalue weighted by atomic mass is 16.5. The van der Waals surface area contributed by atoms with E-state index >= 15 is 0 Å². The lowest BCUT2D eigenvalue weighted by molar-refractivity contribution is 0.00437. The molecule has 2 aromatic heterocycles. The third-order valence-electron chi connectivity index (χ3n) is 4.90. The fraction of sp³-hybridized carbons (Fsp3) is 0.500. The number of hydrogen-bond donors (Lipinski definition) is 0. The molecule has 0 bridgehead atoms. The number of aryl methyl sites for hydroxylation is 1. The minimum atomic E-state index is 0.322. The molecule has 0 N–H and O–H groups in total. The maximum atomic E-state index is 5.74. The summed E-state index contributed by atoms with van der Waals surface area (Å²) in [5.41, 5.74) is 2.13. The molecule has 2 fully saturated rings. The first-order valence-electron chi connectivity index (χ1n) is 8.34. The fourth-order valence-corrected chi connectivity index (χ4v) is 3.69. The minimum absolute atomic E-state index is 0.322. The number of aromatic nitrogens is 3. The normalized spacial score (nSPS) is 24.3. The second-order valence-corrected chi connectivity index (χ2v) is 6.73. The van der Waals surface area contributed by atoms with Crippen molar-refractivity contribution in [3.05, 3.63) is 36.2 Å². The highest BCUT2D eigenvalue weighted by Gasteiger charge is 2.40. The van der Waals surface area contributed by atoms with Crippen LogP contribution < -0.4 is 4.90 Å². The molecule has 5 heteroatoms. The number of rotatable bonds is 2. The quantitative estimate of drug-likeness (QED) is 0.853. The first-order valence-corrected chi connectivity index (χ1v) is 8.34. The topological polar surface area (TPSA) is 51.1 Å². The molecule has 5 nitrogen and oxygen atoms in total. The Bertz CT molecular complexity index is 683. The van der Waals surface area contributed by atoms with Crippen LogP contribution in [-0.4, -0.2) is 41.3 Å². The molecule has 0 radical (unpaired) electrons. The average molecular weight is 310 g/mol. The zero-order valence-electron chi connectivity index (χ0n) is 13.5. The Morgan fingerprint density at radius 2 is 2.17 bits per heavy atom. The van der Waals surface area contributed by atoms with Gasteiger partial charge in [0, 0.05) is 43.1 Å². The maximum Gasteiger partial charge on any atom is 0.180 e. The average Bonchev–Trinajstić information content (AvgIpc) is 2.99. The van der Waals surface area contributed by atoms with Crippen molar-refractivity contribution < 1.29 is 4.74 Å². The highest BCUT2D eigenvalue weighted by molar-refractivity contribution is 5.54. The molecule has 2 aliphatic heterocycles. The van der Waals surface area contributed by atoms with Gasteiger partial charge in [0.2, 0.25) is 0 Å². The van der Waals surface area contributed by atoms with E-state index in [9.17, 15) is 0 Å². The molecule has 1 unspecified atom stereocenters. The molecule has 23 heavy (non-hydrogen) atoms. The lowest BCUT2D eigenvalue weighted by Gasteiger charge is -2.33. The third kappa shape index (κ3) is 2.93. The largest absolute Gasteiger partial charge is 0.381 e. The van der Waals surface area contributed by atoms with Crippen LogP contribution in [0.3, 0.4) is 0 Å². The van der Waals surface area contributed by atoms with Crippen LogP contribution in [0.2, 0.25) is 0 Å². The van der Waals surface area contributed by atoms with Crippen LogP contribution in [0.1, 0.15) is 25.0 Å². The van der Waals surface area contributed by atoms with E-state index in [1.165, 1.54) is 19.3 Å². The summed E-state index contributed by atoms with van der Waals surface area (Å²) in [5, 5.41) is 0. The van der Waals surface area contributed by atoms with Crippen LogP contribution in [0.5, 0.6) is 0 Å². The lowest BCUT2D eigenvalue weighted by atomic mass is 9.82. The van der Waals surface area contributed by atoms with Gasteiger partial charge in [-0.25, -0.2) is 9.97 Å². The van der Waals surface area contributed by atoms with Gasteiger partial charge in [0.1, 0.15) is 11.5 Å². The first-order chi connectivity index (χ1) is 11.2. The second kappa shape index (κ2) is 5.89. The smallest absolute Gasteiger partial charge is 0.180 e. The molecule has 2 aromatic rings. The SMILES string of the molecule is Cc1cc(N2CCC3(CCCOC3)C2)nc(-c2ccccn2)n1. The van der Waals surface area contributed by atoms with Gasteiger partial charge in [-0.2, -0.15) is 0 Å². The van der Waals surface area contributed by atoms with Crippen molar-refractivity contribution in [3.8, 4) is 11.5 Å². The van der Waals surface area contributed by atoms with Gasteiger partial charge in [-0.1, -0.05) is 6.07 Å². The van der Waals surface area contributed by atoms with Crippen LogP contribution in [-0.2, 0) is 4.74 Å². The van der Waals surface area contributed by atoms with Gasteiger partial charge in [0.05, 0.1) is 6.61 Å². The maximum absolute atomic E-state index is 5.74. The molecule has 1 atom stereocenters. The van der Waals surface area contributed by atoms with Crippen molar-refractivity contribution in [2.24, 2.45) is 5.41 Å². The predicted octanol–water partition coefficient (Wildman–Crippen LogP) is 2.85. The van der Waals surface area contributed by atoms with E-state index in [1.54, 1.807) is 6.20 Å². The molecule has 4 rings (SSSR count). The van der Waals surface area contributed by atoms with Crippen LogP contribution in [0, 0.1) is 12.3 Å². The summed E-state index contributed by atoms with van der Waals surface area (Å²) in [5.74, 6) is 1.72. The van der Waals surface area contributed by atoms with Crippen molar-refractivity contribution in [1.82, 2.24) is 15.0 Å². The Morgan fingerprint density at radius 3 is 2.96 bits per heavy atom. The van der Waals surface area contributed by atoms with Gasteiger partial charge in [0.25, 0.3) is 0 Å². The van der Waals surface area contributed by atoms with Crippen molar-refractivity contribution in [2.45, 2.75) is 26.2 Å². The molecule has 2 saturated heterocycles.